The summed E-state index contributed by atoms with van der Waals surface area (Å²) >= 11 is 0. The summed E-state index contributed by atoms with van der Waals surface area (Å²) in [7, 11) is 2.16. The second-order valence-corrected chi connectivity index (χ2v) is 14.1. The number of aliphatic hydroxyl groups is 1. The van der Waals surface area contributed by atoms with Gasteiger partial charge in [0.05, 0.1) is 18.8 Å². The summed E-state index contributed by atoms with van der Waals surface area (Å²) in [6.07, 6.45) is -2.16. The van der Waals surface area contributed by atoms with Crippen molar-refractivity contribution < 1.29 is 28.9 Å². The summed E-state index contributed by atoms with van der Waals surface area (Å²) in [6, 6.07) is 45.7. The van der Waals surface area contributed by atoms with E-state index in [-0.39, 0.29) is 37.2 Å². The van der Waals surface area contributed by atoms with Gasteiger partial charge < -0.3 is 24.6 Å². The summed E-state index contributed by atoms with van der Waals surface area (Å²) in [5.74, 6) is -1.00. The number of carbonyl (C=O) groups is 2. The minimum atomic E-state index is -0.874. The number of benzene rings is 6. The van der Waals surface area contributed by atoms with E-state index >= 15 is 0 Å². The first-order chi connectivity index (χ1) is 26.3. The molecule has 8 heteroatoms. The average molecular weight is 723 g/mol. The summed E-state index contributed by atoms with van der Waals surface area (Å²) in [5.41, 5.74) is 5.98. The molecule has 0 saturated carbocycles. The van der Waals surface area contributed by atoms with Gasteiger partial charge in [0.2, 0.25) is 0 Å². The van der Waals surface area contributed by atoms with Crippen molar-refractivity contribution in [1.82, 2.24) is 10.2 Å². The van der Waals surface area contributed by atoms with Gasteiger partial charge in [0.15, 0.2) is 12.4 Å². The Balaban J connectivity index is 1.20. The topological polar surface area (TPSA) is 97.3 Å². The predicted molar refractivity (Wildman–Crippen MR) is 210 cm³/mol. The SMILES string of the molecule is CC(=O)OC(C)C(=O)NCc1ccc(C2OC(CN(C)Cc3c4ccccc4cc4ccccc34)C(c3ccccc3)C(c3ccc(CO)cc3)O2)cc1. The molecule has 1 fully saturated rings. The first-order valence-electron chi connectivity index (χ1n) is 18.4. The zero-order valence-corrected chi connectivity index (χ0v) is 30.9. The Hall–Kier alpha value is -5.38. The highest BCUT2D eigenvalue weighted by atomic mass is 16.7. The number of ether oxygens (including phenoxy) is 3. The molecule has 0 spiro atoms. The first-order valence-corrected chi connectivity index (χ1v) is 18.4. The fourth-order valence-corrected chi connectivity index (χ4v) is 7.51. The summed E-state index contributed by atoms with van der Waals surface area (Å²) in [6.45, 7) is 4.43. The zero-order valence-electron chi connectivity index (χ0n) is 30.9. The van der Waals surface area contributed by atoms with Gasteiger partial charge in [-0.15, -0.1) is 0 Å². The fourth-order valence-electron chi connectivity index (χ4n) is 7.51. The van der Waals surface area contributed by atoms with Gasteiger partial charge in [0.25, 0.3) is 5.91 Å². The molecule has 7 rings (SSSR count). The maximum absolute atomic E-state index is 12.4. The molecule has 0 aliphatic carbocycles. The standard InChI is InChI=1S/C46H46N2O6/c1-30(52-31(2)50)45(51)47-26-32-17-23-36(24-18-32)46-53-42(43(34-11-5-4-6-12-34)44(54-46)35-21-19-33(29-49)20-22-35)28-48(3)27-41-39-15-9-7-13-37(39)25-38-14-8-10-16-40(38)41/h4-25,30,42-44,46,49H,26-29H2,1-3H3,(H,47,51). The van der Waals surface area contributed by atoms with Crippen LogP contribution in [0.25, 0.3) is 21.5 Å². The lowest BCUT2D eigenvalue weighted by atomic mass is 9.83. The molecule has 1 aliphatic heterocycles. The van der Waals surface area contributed by atoms with Gasteiger partial charge in [0, 0.05) is 38.0 Å². The Bertz CT molecular complexity index is 2150. The minimum absolute atomic E-state index is 0.0363. The van der Waals surface area contributed by atoms with Crippen LogP contribution >= 0.6 is 0 Å². The molecule has 0 radical (unpaired) electrons. The summed E-state index contributed by atoms with van der Waals surface area (Å²) < 4.78 is 18.9. The first kappa shape index (κ1) is 37.0. The largest absolute Gasteiger partial charge is 0.453 e. The number of likely N-dealkylation sites (N-methyl/N-ethyl adjacent to an activating group) is 1. The van der Waals surface area contributed by atoms with Crippen molar-refractivity contribution in [1.29, 1.82) is 0 Å². The molecular formula is C46H46N2O6. The molecule has 5 unspecified atom stereocenters. The Morgan fingerprint density at radius 3 is 1.98 bits per heavy atom. The summed E-state index contributed by atoms with van der Waals surface area (Å²) in [4.78, 5) is 26.1. The minimum Gasteiger partial charge on any atom is -0.453 e. The molecule has 1 heterocycles. The Labute approximate surface area is 316 Å². The normalized spacial score (nSPS) is 19.1. The van der Waals surface area contributed by atoms with E-state index in [1.54, 1.807) is 6.92 Å². The highest BCUT2D eigenvalue weighted by Gasteiger charge is 2.42. The molecule has 0 aromatic heterocycles. The lowest BCUT2D eigenvalue weighted by molar-refractivity contribution is -0.263. The van der Waals surface area contributed by atoms with Crippen LogP contribution in [-0.2, 0) is 43.5 Å². The number of hydrogen-bond acceptors (Lipinski definition) is 7. The predicted octanol–water partition coefficient (Wildman–Crippen LogP) is 8.12. The number of hydrogen-bond donors (Lipinski definition) is 2. The van der Waals surface area contributed by atoms with E-state index in [1.807, 2.05) is 54.6 Å². The van der Waals surface area contributed by atoms with Gasteiger partial charge in [-0.25, -0.2) is 0 Å². The van der Waals surface area contributed by atoms with E-state index in [4.69, 9.17) is 14.2 Å². The van der Waals surface area contributed by atoms with Gasteiger partial charge in [-0.3, -0.25) is 14.5 Å². The summed E-state index contributed by atoms with van der Waals surface area (Å²) in [5, 5.41) is 17.6. The second kappa shape index (κ2) is 16.7. The van der Waals surface area contributed by atoms with Crippen LogP contribution in [0.5, 0.6) is 0 Å². The third-order valence-electron chi connectivity index (χ3n) is 10.2. The number of rotatable bonds is 12. The average Bonchev–Trinajstić information content (AvgIpc) is 3.20. The van der Waals surface area contributed by atoms with Crippen LogP contribution in [-0.4, -0.2) is 47.7 Å². The van der Waals surface area contributed by atoms with Crippen LogP contribution in [0.2, 0.25) is 0 Å². The number of amides is 1. The van der Waals surface area contributed by atoms with Crippen molar-refractivity contribution in [3.63, 3.8) is 0 Å². The molecule has 2 N–H and O–H groups in total. The monoisotopic (exact) mass is 722 g/mol. The lowest BCUT2D eigenvalue weighted by Crippen LogP contribution is -2.43. The molecule has 276 valence electrons. The number of fused-ring (bicyclic) bond motifs is 2. The van der Waals surface area contributed by atoms with Gasteiger partial charge in [-0.2, -0.15) is 0 Å². The van der Waals surface area contributed by atoms with Crippen molar-refractivity contribution in [3.05, 3.63) is 167 Å². The molecule has 6 aromatic rings. The van der Waals surface area contributed by atoms with E-state index in [0.717, 1.165) is 34.4 Å². The molecular weight excluding hydrogens is 677 g/mol. The van der Waals surface area contributed by atoms with Gasteiger partial charge in [-0.05, 0) is 69.4 Å². The van der Waals surface area contributed by atoms with Crippen LogP contribution in [0.1, 0.15) is 65.5 Å². The van der Waals surface area contributed by atoms with Crippen LogP contribution in [0.15, 0.2) is 133 Å². The van der Waals surface area contributed by atoms with E-state index in [1.165, 1.54) is 34.0 Å². The van der Waals surface area contributed by atoms with E-state index < -0.39 is 18.4 Å². The molecule has 5 atom stereocenters. The fraction of sp³-hybridized carbons (Fsp3) is 0.261. The van der Waals surface area contributed by atoms with E-state index in [9.17, 15) is 14.7 Å². The van der Waals surface area contributed by atoms with Crippen molar-refractivity contribution in [2.24, 2.45) is 0 Å². The molecule has 1 amide bonds. The highest BCUT2D eigenvalue weighted by molar-refractivity contribution is 6.02. The van der Waals surface area contributed by atoms with Crippen LogP contribution in [0.4, 0.5) is 0 Å². The van der Waals surface area contributed by atoms with E-state index in [0.29, 0.717) is 6.54 Å². The van der Waals surface area contributed by atoms with Crippen molar-refractivity contribution in [3.8, 4) is 0 Å². The number of esters is 1. The van der Waals surface area contributed by atoms with E-state index in [2.05, 4.69) is 96.1 Å². The number of carbonyl (C=O) groups excluding carboxylic acids is 2. The Morgan fingerprint density at radius 1 is 0.759 bits per heavy atom. The highest BCUT2D eigenvalue weighted by Crippen LogP contribution is 2.47. The number of nitrogens with one attached hydrogen (secondary N) is 1. The molecule has 54 heavy (non-hydrogen) atoms. The lowest BCUT2D eigenvalue weighted by Gasteiger charge is -2.44. The van der Waals surface area contributed by atoms with Gasteiger partial charge in [-0.1, -0.05) is 127 Å². The van der Waals surface area contributed by atoms with Crippen LogP contribution in [0.3, 0.4) is 0 Å². The zero-order chi connectivity index (χ0) is 37.6. The molecule has 1 saturated heterocycles. The van der Waals surface area contributed by atoms with Crippen LogP contribution in [0, 0.1) is 0 Å². The smallest absolute Gasteiger partial charge is 0.303 e. The maximum atomic E-state index is 12.4. The molecule has 0 bridgehead atoms. The third kappa shape index (κ3) is 8.38. The van der Waals surface area contributed by atoms with Crippen molar-refractivity contribution >= 4 is 33.4 Å². The van der Waals surface area contributed by atoms with Gasteiger partial charge in [0.1, 0.15) is 0 Å². The molecule has 1 aliphatic rings. The molecule has 6 aromatic carbocycles. The van der Waals surface area contributed by atoms with Crippen LogP contribution < -0.4 is 5.32 Å². The van der Waals surface area contributed by atoms with Crippen molar-refractivity contribution in [2.45, 2.75) is 64.1 Å². The Kier molecular flexibility index (Phi) is 11.5. The van der Waals surface area contributed by atoms with Crippen molar-refractivity contribution in [2.75, 3.05) is 13.6 Å². The van der Waals surface area contributed by atoms with Gasteiger partial charge >= 0.3 is 5.97 Å². The number of nitrogens with zero attached hydrogens (tertiary/aromatic N) is 1. The third-order valence-corrected chi connectivity index (χ3v) is 10.2. The second-order valence-electron chi connectivity index (χ2n) is 14.1. The Morgan fingerprint density at radius 2 is 1.35 bits per heavy atom. The number of aliphatic hydroxyl groups excluding tert-OH is 1. The molecule has 8 nitrogen and oxygen atoms in total. The maximum Gasteiger partial charge on any atom is 0.303 e. The quantitative estimate of drug-likeness (QED) is 0.0973.